The van der Waals surface area contributed by atoms with Crippen LogP contribution in [0.4, 0.5) is 32.0 Å². The number of amides is 1. The first-order valence-electron chi connectivity index (χ1n) is 9.98. The minimum Gasteiger partial charge on any atom is -0.394 e. The lowest BCUT2D eigenvalue weighted by Gasteiger charge is -2.23. The van der Waals surface area contributed by atoms with Crippen molar-refractivity contribution < 1.29 is 41.2 Å². The number of nitro benzene ring substituents is 1. The second-order valence-electron chi connectivity index (χ2n) is 8.06. The minimum atomic E-state index is -5.93. The van der Waals surface area contributed by atoms with E-state index < -0.39 is 79.4 Å². The van der Waals surface area contributed by atoms with Gasteiger partial charge < -0.3 is 10.8 Å². The highest BCUT2D eigenvalue weighted by molar-refractivity contribution is 8.00. The average Bonchev–Trinajstić information content (AvgIpc) is 3.27. The summed E-state index contributed by atoms with van der Waals surface area (Å²) in [5.74, 6) is -2.61. The fraction of sp³-hybridized carbons (Fsp3) is 0.316. The lowest BCUT2D eigenvalue weighted by atomic mass is 10.0. The molecule has 0 aliphatic rings. The number of nitrogens with zero attached hydrogens (tertiary/aromatic N) is 6. The Morgan fingerprint density at radius 3 is 2.39 bits per heavy atom. The monoisotopic (exact) mass is 583 g/mol. The van der Waals surface area contributed by atoms with Crippen LogP contribution in [-0.2, 0) is 5.54 Å². The number of carbonyl (C=O) groups excluding carboxylic acids is 1. The van der Waals surface area contributed by atoms with Gasteiger partial charge in [0, 0.05) is 33.7 Å². The normalized spacial score (nSPS) is 12.6. The van der Waals surface area contributed by atoms with E-state index in [0.29, 0.717) is 24.0 Å². The molecule has 2 heterocycles. The number of aliphatic hydroxyl groups excluding tert-OH is 1. The molecule has 3 aromatic rings. The number of benzene rings is 1. The van der Waals surface area contributed by atoms with Gasteiger partial charge in [-0.1, -0.05) is 0 Å². The summed E-state index contributed by atoms with van der Waals surface area (Å²) in [5, 5.41) is 26.8. The zero-order valence-electron chi connectivity index (χ0n) is 19.0. The maximum absolute atomic E-state index is 15.1. The van der Waals surface area contributed by atoms with E-state index in [1.54, 1.807) is 13.8 Å². The molecule has 11 nitrogen and oxygen atoms in total. The summed E-state index contributed by atoms with van der Waals surface area (Å²) in [6, 6.07) is 1.94. The number of tetrazole rings is 1. The molecule has 1 aromatic carbocycles. The van der Waals surface area contributed by atoms with Gasteiger partial charge in [0.1, 0.15) is 5.69 Å². The summed E-state index contributed by atoms with van der Waals surface area (Å²) in [7, 11) is 0. The summed E-state index contributed by atoms with van der Waals surface area (Å²) >= 11 is -0.402. The zero-order chi connectivity index (χ0) is 28.6. The van der Waals surface area contributed by atoms with Crippen LogP contribution in [0.2, 0.25) is 0 Å². The van der Waals surface area contributed by atoms with E-state index in [9.17, 15) is 42.0 Å². The average molecular weight is 583 g/mol. The summed E-state index contributed by atoms with van der Waals surface area (Å²) in [4.78, 5) is 25.3. The van der Waals surface area contributed by atoms with E-state index in [-0.39, 0.29) is 10.1 Å². The first-order valence-corrected chi connectivity index (χ1v) is 11.6. The van der Waals surface area contributed by atoms with E-state index in [4.69, 9.17) is 5.73 Å². The Morgan fingerprint density at radius 1 is 1.21 bits per heavy atom. The number of hydrogen-bond acceptors (Lipinski definition) is 10. The number of nitro groups is 1. The molecule has 0 unspecified atom stereocenters. The molecule has 0 radical (unpaired) electrons. The van der Waals surface area contributed by atoms with Gasteiger partial charge in [0.2, 0.25) is 11.1 Å². The molecule has 0 aliphatic heterocycles. The number of non-ortho nitro benzene ring substituents is 1. The van der Waals surface area contributed by atoms with E-state index in [1.807, 2.05) is 0 Å². The fourth-order valence-corrected chi connectivity index (χ4v) is 4.69. The number of rotatable bonds is 9. The van der Waals surface area contributed by atoms with Gasteiger partial charge in [-0.05, 0) is 53.9 Å². The van der Waals surface area contributed by atoms with Crippen molar-refractivity contribution in [3.05, 3.63) is 45.9 Å². The highest BCUT2D eigenvalue weighted by Gasteiger charge is 2.58. The molecule has 19 heteroatoms. The lowest BCUT2D eigenvalue weighted by Crippen LogP contribution is -2.32. The van der Waals surface area contributed by atoms with Crippen molar-refractivity contribution in [2.45, 2.75) is 45.8 Å². The molecule has 0 atom stereocenters. The van der Waals surface area contributed by atoms with Crippen molar-refractivity contribution >= 4 is 35.1 Å². The molecular formula is C19H15F6N7O4S2. The third-order valence-corrected chi connectivity index (χ3v) is 6.82. The molecule has 2 aromatic heterocycles. The highest BCUT2D eigenvalue weighted by Crippen LogP contribution is 2.48. The number of aromatic nitrogens is 5. The summed E-state index contributed by atoms with van der Waals surface area (Å²) in [5.41, 5.74) is 1.96. The molecule has 0 fully saturated rings. The summed E-state index contributed by atoms with van der Waals surface area (Å²) in [6.45, 7) is 2.65. The van der Waals surface area contributed by atoms with E-state index in [2.05, 4.69) is 20.5 Å². The fourth-order valence-electron chi connectivity index (χ4n) is 2.85. The number of thioether (sulfide) groups is 1. The smallest absolute Gasteiger partial charge is 0.394 e. The second kappa shape index (κ2) is 10.4. The second-order valence-corrected chi connectivity index (χ2v) is 10.2. The van der Waals surface area contributed by atoms with Crippen molar-refractivity contribution in [1.29, 1.82) is 0 Å². The van der Waals surface area contributed by atoms with Crippen LogP contribution in [0, 0.1) is 15.9 Å². The van der Waals surface area contributed by atoms with Gasteiger partial charge in [0.05, 0.1) is 22.6 Å². The number of nitrogens with two attached hydrogens (primary N) is 1. The van der Waals surface area contributed by atoms with Crippen LogP contribution in [0.15, 0.2) is 39.3 Å². The maximum Gasteiger partial charge on any atom is 0.464 e. The van der Waals surface area contributed by atoms with E-state index in [1.165, 1.54) is 0 Å². The SMILES string of the molecule is CC(C)(CO)n1nnnc1Sc1c(C(N)=O)cc([N+](=O)[O-])cc1-c1ncc(SC(F)(F)C(F)(F)F)cc1F. The van der Waals surface area contributed by atoms with Crippen LogP contribution >= 0.6 is 23.5 Å². The quantitative estimate of drug-likeness (QED) is 0.163. The van der Waals surface area contributed by atoms with Gasteiger partial charge in [-0.3, -0.25) is 19.9 Å². The van der Waals surface area contributed by atoms with Crippen molar-refractivity contribution in [3.8, 4) is 11.3 Å². The standard InChI is InChI=1S/C19H15F6N7O4S2/c1-17(2,7-33)31-16(28-29-30-31)37-14-10(3-8(32(35)36)4-11(14)15(26)34)13-12(20)5-9(6-27-13)38-19(24,25)18(21,22)23/h3-6,33H,7H2,1-2H3,(H2,26,34). The third kappa shape index (κ3) is 5.83. The molecule has 3 rings (SSSR count). The largest absolute Gasteiger partial charge is 0.464 e. The number of alkyl halides is 5. The van der Waals surface area contributed by atoms with Crippen LogP contribution in [0.25, 0.3) is 11.3 Å². The summed E-state index contributed by atoms with van der Waals surface area (Å²) in [6.07, 6.45) is -5.42. The first-order chi connectivity index (χ1) is 17.5. The van der Waals surface area contributed by atoms with Crippen molar-refractivity contribution in [2.24, 2.45) is 5.73 Å². The highest BCUT2D eigenvalue weighted by atomic mass is 32.2. The van der Waals surface area contributed by atoms with Crippen LogP contribution in [0.3, 0.4) is 0 Å². The van der Waals surface area contributed by atoms with Crippen LogP contribution < -0.4 is 5.73 Å². The molecule has 0 saturated carbocycles. The Kier molecular flexibility index (Phi) is 7.94. The number of aliphatic hydroxyl groups is 1. The van der Waals surface area contributed by atoms with Crippen molar-refractivity contribution in [2.75, 3.05) is 6.61 Å². The third-order valence-electron chi connectivity index (χ3n) is 4.79. The molecule has 0 aliphatic carbocycles. The zero-order valence-corrected chi connectivity index (χ0v) is 20.7. The Hall–Kier alpha value is -3.45. The number of halogens is 6. The van der Waals surface area contributed by atoms with Crippen LogP contribution in [-0.4, -0.2) is 59.2 Å². The summed E-state index contributed by atoms with van der Waals surface area (Å²) < 4.78 is 80.7. The van der Waals surface area contributed by atoms with Crippen LogP contribution in [0.5, 0.6) is 0 Å². The predicted molar refractivity (Wildman–Crippen MR) is 120 cm³/mol. The van der Waals surface area contributed by atoms with Gasteiger partial charge in [0.15, 0.2) is 5.82 Å². The molecule has 0 saturated heterocycles. The van der Waals surface area contributed by atoms with Gasteiger partial charge in [-0.25, -0.2) is 9.07 Å². The Bertz CT molecular complexity index is 1400. The maximum atomic E-state index is 15.1. The van der Waals surface area contributed by atoms with Gasteiger partial charge >= 0.3 is 11.4 Å². The molecule has 1 amide bonds. The van der Waals surface area contributed by atoms with Crippen molar-refractivity contribution in [1.82, 2.24) is 25.2 Å². The first kappa shape index (κ1) is 29.1. The molecule has 0 bridgehead atoms. The minimum absolute atomic E-state index is 0.0703. The Morgan fingerprint density at radius 2 is 1.87 bits per heavy atom. The molecular weight excluding hydrogens is 568 g/mol. The molecule has 204 valence electrons. The van der Waals surface area contributed by atoms with Gasteiger partial charge in [0.25, 0.3) is 5.69 Å². The number of carbonyl (C=O) groups is 1. The number of hydrogen-bond donors (Lipinski definition) is 2. The predicted octanol–water partition coefficient (Wildman–Crippen LogP) is 4.01. The topological polar surface area (TPSA) is 163 Å². The van der Waals surface area contributed by atoms with Gasteiger partial charge in [-0.15, -0.1) is 5.10 Å². The molecule has 38 heavy (non-hydrogen) atoms. The van der Waals surface area contributed by atoms with Crippen molar-refractivity contribution in [3.63, 3.8) is 0 Å². The Labute approximate surface area is 216 Å². The van der Waals surface area contributed by atoms with Crippen LogP contribution in [0.1, 0.15) is 24.2 Å². The van der Waals surface area contributed by atoms with E-state index in [0.717, 1.165) is 16.8 Å². The van der Waals surface area contributed by atoms with Gasteiger partial charge in [-0.2, -0.15) is 22.0 Å². The molecule has 0 spiro atoms. The van der Waals surface area contributed by atoms with E-state index >= 15 is 4.39 Å². The number of primary amides is 1. The lowest BCUT2D eigenvalue weighted by molar-refractivity contribution is -0.384. The number of pyridine rings is 1. The molecule has 3 N–H and O–H groups in total. The Balaban J connectivity index is 2.21.